The van der Waals surface area contributed by atoms with Gasteiger partial charge in [-0.1, -0.05) is 85.6 Å². The lowest BCUT2D eigenvalue weighted by molar-refractivity contribution is -0.129. The molecule has 0 spiro atoms. The number of hydrogen-bond donors (Lipinski definition) is 3. The van der Waals surface area contributed by atoms with Crippen LogP contribution in [0.5, 0.6) is 0 Å². The van der Waals surface area contributed by atoms with Crippen LogP contribution in [0.2, 0.25) is 5.02 Å². The molecule has 3 atom stereocenters. The molecular formula is C27H26ClN5O. The summed E-state index contributed by atoms with van der Waals surface area (Å²) in [6, 6.07) is 25.5. The Morgan fingerprint density at radius 3 is 2.44 bits per heavy atom. The van der Waals surface area contributed by atoms with Crippen LogP contribution in [0.25, 0.3) is 22.2 Å². The summed E-state index contributed by atoms with van der Waals surface area (Å²) in [5.41, 5.74) is 3.60. The summed E-state index contributed by atoms with van der Waals surface area (Å²) in [7, 11) is 0. The van der Waals surface area contributed by atoms with Crippen molar-refractivity contribution in [3.63, 3.8) is 0 Å². The van der Waals surface area contributed by atoms with Gasteiger partial charge in [-0.25, -0.2) is 9.97 Å². The molecule has 3 N–H and O–H groups in total. The van der Waals surface area contributed by atoms with E-state index in [2.05, 4.69) is 35.0 Å². The predicted octanol–water partition coefficient (Wildman–Crippen LogP) is 5.52. The second-order valence-corrected chi connectivity index (χ2v) is 8.90. The Balaban J connectivity index is 1.49. The number of nitrogens with one attached hydrogen (secondary N) is 3. The van der Waals surface area contributed by atoms with Gasteiger partial charge in [-0.3, -0.25) is 10.1 Å². The zero-order valence-corrected chi connectivity index (χ0v) is 19.6. The van der Waals surface area contributed by atoms with Gasteiger partial charge < -0.3 is 10.6 Å². The van der Waals surface area contributed by atoms with Crippen LogP contribution in [0.4, 0.5) is 5.95 Å². The van der Waals surface area contributed by atoms with Gasteiger partial charge in [0.15, 0.2) is 6.29 Å². The van der Waals surface area contributed by atoms with Crippen molar-refractivity contribution in [2.24, 2.45) is 5.92 Å². The van der Waals surface area contributed by atoms with E-state index in [9.17, 15) is 4.79 Å². The minimum Gasteiger partial charge on any atom is -0.323 e. The number of rotatable bonds is 6. The Morgan fingerprint density at radius 2 is 1.71 bits per heavy atom. The van der Waals surface area contributed by atoms with Crippen LogP contribution in [0, 0.1) is 5.92 Å². The van der Waals surface area contributed by atoms with Crippen molar-refractivity contribution < 1.29 is 4.79 Å². The SMILES string of the molecule is CCCC1C(=O)NC(Nc2nc(-c3ccccc3)c3cc(Cl)ccc3n2)NC1c1ccccc1. The molecule has 1 aliphatic rings. The minimum absolute atomic E-state index is 0.0165. The van der Waals surface area contributed by atoms with Crippen molar-refractivity contribution >= 4 is 34.4 Å². The summed E-state index contributed by atoms with van der Waals surface area (Å²) >= 11 is 6.27. The number of carbonyl (C=O) groups excluding carboxylic acids is 1. The molecule has 1 saturated heterocycles. The standard InChI is InChI=1S/C27H26ClN5O/c1-2-9-20-23(17-10-5-3-6-11-17)30-27(32-25(20)34)33-26-29-22-15-14-19(28)16-21(22)24(31-26)18-12-7-4-8-13-18/h3-8,10-16,20,23,27,30H,2,9H2,1H3,(H,32,34)(H,29,31,33). The van der Waals surface area contributed by atoms with Crippen molar-refractivity contribution in [3.05, 3.63) is 89.4 Å². The van der Waals surface area contributed by atoms with Gasteiger partial charge in [0.2, 0.25) is 11.9 Å². The Kier molecular flexibility index (Phi) is 6.43. The molecular weight excluding hydrogens is 446 g/mol. The molecule has 3 unspecified atom stereocenters. The third kappa shape index (κ3) is 4.60. The van der Waals surface area contributed by atoms with Crippen molar-refractivity contribution in [2.75, 3.05) is 5.32 Å². The molecule has 1 aromatic heterocycles. The second kappa shape index (κ2) is 9.79. The highest BCUT2D eigenvalue weighted by atomic mass is 35.5. The van der Waals surface area contributed by atoms with Crippen molar-refractivity contribution in [3.8, 4) is 11.3 Å². The first kappa shape index (κ1) is 22.3. The number of benzene rings is 3. The Hall–Kier alpha value is -3.48. The third-order valence-electron chi connectivity index (χ3n) is 6.11. The molecule has 0 aliphatic carbocycles. The van der Waals surface area contributed by atoms with E-state index in [4.69, 9.17) is 21.6 Å². The second-order valence-electron chi connectivity index (χ2n) is 8.46. The van der Waals surface area contributed by atoms with Crippen LogP contribution in [0.3, 0.4) is 0 Å². The highest BCUT2D eigenvalue weighted by Crippen LogP contribution is 2.31. The molecule has 3 aromatic carbocycles. The normalized spacial score (nSPS) is 20.2. The van der Waals surface area contributed by atoms with E-state index in [1.165, 1.54) is 0 Å². The molecule has 0 radical (unpaired) electrons. The molecule has 2 heterocycles. The van der Waals surface area contributed by atoms with Crippen LogP contribution in [-0.2, 0) is 4.79 Å². The first-order valence-corrected chi connectivity index (χ1v) is 11.9. The van der Waals surface area contributed by atoms with Crippen molar-refractivity contribution in [1.82, 2.24) is 20.6 Å². The lowest BCUT2D eigenvalue weighted by atomic mass is 9.87. The van der Waals surface area contributed by atoms with E-state index in [-0.39, 0.29) is 17.9 Å². The fourth-order valence-corrected chi connectivity index (χ4v) is 4.70. The fourth-order valence-electron chi connectivity index (χ4n) is 4.52. The maximum atomic E-state index is 13.1. The summed E-state index contributed by atoms with van der Waals surface area (Å²) in [5, 5.41) is 11.4. The van der Waals surface area contributed by atoms with Crippen LogP contribution in [0.15, 0.2) is 78.9 Å². The van der Waals surface area contributed by atoms with Crippen LogP contribution < -0.4 is 16.0 Å². The smallest absolute Gasteiger partial charge is 0.227 e. The number of anilines is 1. The Labute approximate surface area is 203 Å². The van der Waals surface area contributed by atoms with Gasteiger partial charge in [0.05, 0.1) is 17.1 Å². The predicted molar refractivity (Wildman–Crippen MR) is 136 cm³/mol. The number of aromatic nitrogens is 2. The average molecular weight is 472 g/mol. The largest absolute Gasteiger partial charge is 0.323 e. The lowest BCUT2D eigenvalue weighted by Crippen LogP contribution is -2.60. The molecule has 6 nitrogen and oxygen atoms in total. The van der Waals surface area contributed by atoms with E-state index < -0.39 is 6.29 Å². The van der Waals surface area contributed by atoms with Gasteiger partial charge in [0.1, 0.15) is 0 Å². The van der Waals surface area contributed by atoms with Gasteiger partial charge in [-0.05, 0) is 30.2 Å². The van der Waals surface area contributed by atoms with E-state index in [1.54, 1.807) is 0 Å². The van der Waals surface area contributed by atoms with Crippen molar-refractivity contribution in [1.29, 1.82) is 0 Å². The zero-order valence-electron chi connectivity index (χ0n) is 18.8. The first-order chi connectivity index (χ1) is 16.6. The van der Waals surface area contributed by atoms with Crippen LogP contribution >= 0.6 is 11.6 Å². The Morgan fingerprint density at radius 1 is 0.971 bits per heavy atom. The third-order valence-corrected chi connectivity index (χ3v) is 6.34. The van der Waals surface area contributed by atoms with Crippen LogP contribution in [-0.4, -0.2) is 22.2 Å². The molecule has 1 aliphatic heterocycles. The van der Waals surface area contributed by atoms with Gasteiger partial charge >= 0.3 is 0 Å². The van der Waals surface area contributed by atoms with Crippen molar-refractivity contribution in [2.45, 2.75) is 32.1 Å². The summed E-state index contributed by atoms with van der Waals surface area (Å²) in [5.74, 6) is 0.292. The first-order valence-electron chi connectivity index (χ1n) is 11.5. The number of halogens is 1. The minimum atomic E-state index is -0.515. The maximum absolute atomic E-state index is 13.1. The number of amides is 1. The molecule has 1 fully saturated rings. The maximum Gasteiger partial charge on any atom is 0.227 e. The van der Waals surface area contributed by atoms with Gasteiger partial charge in [-0.2, -0.15) is 0 Å². The van der Waals surface area contributed by atoms with E-state index >= 15 is 0 Å². The quantitative estimate of drug-likeness (QED) is 0.345. The highest BCUT2D eigenvalue weighted by molar-refractivity contribution is 6.31. The van der Waals surface area contributed by atoms with E-state index in [1.807, 2.05) is 66.7 Å². The van der Waals surface area contributed by atoms with E-state index in [0.29, 0.717) is 11.0 Å². The topological polar surface area (TPSA) is 78.9 Å². The van der Waals surface area contributed by atoms with Gasteiger partial charge in [0, 0.05) is 22.0 Å². The average Bonchev–Trinajstić information content (AvgIpc) is 2.86. The fraction of sp³-hybridized carbons (Fsp3) is 0.222. The van der Waals surface area contributed by atoms with E-state index in [0.717, 1.165) is 40.6 Å². The summed E-state index contributed by atoms with van der Waals surface area (Å²) in [6.07, 6.45) is 1.22. The molecule has 172 valence electrons. The van der Waals surface area contributed by atoms with Gasteiger partial charge in [0.25, 0.3) is 0 Å². The van der Waals surface area contributed by atoms with Gasteiger partial charge in [-0.15, -0.1) is 0 Å². The number of nitrogens with zero attached hydrogens (tertiary/aromatic N) is 2. The molecule has 4 aromatic rings. The summed E-state index contributed by atoms with van der Waals surface area (Å²) in [6.45, 7) is 2.10. The summed E-state index contributed by atoms with van der Waals surface area (Å²) in [4.78, 5) is 22.6. The number of hydrogen-bond acceptors (Lipinski definition) is 5. The molecule has 34 heavy (non-hydrogen) atoms. The molecule has 0 saturated carbocycles. The lowest BCUT2D eigenvalue weighted by Gasteiger charge is -2.38. The Bertz CT molecular complexity index is 1300. The number of carbonyl (C=O) groups is 1. The molecule has 0 bridgehead atoms. The zero-order chi connectivity index (χ0) is 23.5. The highest BCUT2D eigenvalue weighted by Gasteiger charge is 2.36. The summed E-state index contributed by atoms with van der Waals surface area (Å²) < 4.78 is 0. The number of fused-ring (bicyclic) bond motifs is 1. The molecule has 7 heteroatoms. The monoisotopic (exact) mass is 471 g/mol. The molecule has 5 rings (SSSR count). The molecule has 1 amide bonds. The van der Waals surface area contributed by atoms with Crippen LogP contribution in [0.1, 0.15) is 31.4 Å².